The van der Waals surface area contributed by atoms with Crippen LogP contribution >= 0.6 is 0 Å². The summed E-state index contributed by atoms with van der Waals surface area (Å²) < 4.78 is 11.9. The van der Waals surface area contributed by atoms with Crippen molar-refractivity contribution in [3.63, 3.8) is 0 Å². The van der Waals surface area contributed by atoms with E-state index in [1.165, 1.54) is 28.8 Å². The predicted octanol–water partition coefficient (Wildman–Crippen LogP) is 4.74. The Morgan fingerprint density at radius 3 is 2.38 bits per heavy atom. The second kappa shape index (κ2) is 7.32. The fourth-order valence-corrected chi connectivity index (χ4v) is 4.06. The molecule has 0 saturated heterocycles. The first-order valence-corrected chi connectivity index (χ1v) is 9.52. The number of ether oxygens (including phenoxy) is 2. The van der Waals surface area contributed by atoms with E-state index in [1.807, 2.05) is 6.07 Å². The average molecular weight is 355 g/mol. The van der Waals surface area contributed by atoms with Gasteiger partial charge < -0.3 is 14.0 Å². The Morgan fingerprint density at radius 2 is 1.73 bits per heavy atom. The lowest BCUT2D eigenvalue weighted by molar-refractivity contribution is -0.923. The van der Waals surface area contributed by atoms with Crippen LogP contribution in [0.5, 0.6) is 11.5 Å². The van der Waals surface area contributed by atoms with Gasteiger partial charge in [-0.1, -0.05) is 38.1 Å². The van der Waals surface area contributed by atoms with Crippen molar-refractivity contribution in [3.8, 4) is 11.5 Å². The fourth-order valence-electron chi connectivity index (χ4n) is 4.06. The molecular formula is C23H32NO2+. The van der Waals surface area contributed by atoms with Crippen LogP contribution in [0, 0.1) is 0 Å². The van der Waals surface area contributed by atoms with Gasteiger partial charge in [0.1, 0.15) is 6.04 Å². The van der Waals surface area contributed by atoms with Crippen molar-refractivity contribution in [1.29, 1.82) is 0 Å². The second-order valence-electron chi connectivity index (χ2n) is 8.27. The lowest BCUT2D eigenvalue weighted by Gasteiger charge is -2.43. The Labute approximate surface area is 158 Å². The highest BCUT2D eigenvalue weighted by molar-refractivity contribution is 5.44. The zero-order valence-corrected chi connectivity index (χ0v) is 17.0. The highest BCUT2D eigenvalue weighted by Gasteiger charge is 2.36. The lowest BCUT2D eigenvalue weighted by Crippen LogP contribution is -2.48. The first-order chi connectivity index (χ1) is 12.4. The summed E-state index contributed by atoms with van der Waals surface area (Å²) in [5.74, 6) is 2.17. The molecule has 3 nitrogen and oxygen atoms in total. The minimum absolute atomic E-state index is 0.457. The number of fused-ring (bicyclic) bond motifs is 1. The summed E-state index contributed by atoms with van der Waals surface area (Å²) in [6.45, 7) is 5.71. The van der Waals surface area contributed by atoms with E-state index in [0.717, 1.165) is 28.8 Å². The first kappa shape index (κ1) is 18.8. The third-order valence-electron chi connectivity index (χ3n) is 5.87. The summed E-state index contributed by atoms with van der Waals surface area (Å²) in [4.78, 5) is 0. The molecule has 140 valence electrons. The zero-order valence-electron chi connectivity index (χ0n) is 17.0. The molecule has 0 bridgehead atoms. The molecule has 0 aromatic heterocycles. The molecule has 1 atom stereocenters. The summed E-state index contributed by atoms with van der Waals surface area (Å²) in [5.41, 5.74) is 5.76. The number of hydrogen-bond acceptors (Lipinski definition) is 2. The monoisotopic (exact) mass is 354 g/mol. The minimum Gasteiger partial charge on any atom is -0.493 e. The van der Waals surface area contributed by atoms with Crippen LogP contribution in [0.2, 0.25) is 0 Å². The van der Waals surface area contributed by atoms with Crippen LogP contribution in [-0.2, 0) is 12.8 Å². The molecule has 26 heavy (non-hydrogen) atoms. The average Bonchev–Trinajstić information content (AvgIpc) is 2.63. The summed E-state index contributed by atoms with van der Waals surface area (Å²) in [7, 11) is 8.08. The molecule has 3 heteroatoms. The van der Waals surface area contributed by atoms with Gasteiger partial charge in [0.05, 0.1) is 34.9 Å². The Hall–Kier alpha value is -2.00. The van der Waals surface area contributed by atoms with E-state index < -0.39 is 0 Å². The van der Waals surface area contributed by atoms with Gasteiger partial charge in [-0.3, -0.25) is 0 Å². The van der Waals surface area contributed by atoms with Gasteiger partial charge in [0.15, 0.2) is 11.5 Å². The molecule has 0 amide bonds. The van der Waals surface area contributed by atoms with E-state index in [9.17, 15) is 0 Å². The van der Waals surface area contributed by atoms with Crippen LogP contribution < -0.4 is 9.47 Å². The van der Waals surface area contributed by atoms with E-state index in [0.29, 0.717) is 12.0 Å². The first-order valence-electron chi connectivity index (χ1n) is 9.52. The van der Waals surface area contributed by atoms with Crippen molar-refractivity contribution >= 4 is 0 Å². The number of benzene rings is 2. The molecule has 1 heterocycles. The molecule has 3 rings (SSSR count). The molecule has 0 N–H and O–H groups in total. The maximum Gasteiger partial charge on any atom is 0.160 e. The number of likely N-dealkylation sites (N-methyl/N-ethyl adjacent to an activating group) is 1. The normalized spacial score (nSPS) is 18.5. The third kappa shape index (κ3) is 3.59. The van der Waals surface area contributed by atoms with Crippen LogP contribution in [0.15, 0.2) is 36.4 Å². The van der Waals surface area contributed by atoms with Crippen LogP contribution in [0.4, 0.5) is 0 Å². The molecule has 0 aliphatic carbocycles. The van der Waals surface area contributed by atoms with E-state index in [1.54, 1.807) is 14.2 Å². The number of quaternary nitrogens is 1. The summed E-state index contributed by atoms with van der Waals surface area (Å²) in [6, 6.07) is 13.9. The number of methoxy groups -OCH3 is 2. The predicted molar refractivity (Wildman–Crippen MR) is 107 cm³/mol. The van der Waals surface area contributed by atoms with E-state index in [-0.39, 0.29) is 0 Å². The molecule has 0 radical (unpaired) electrons. The van der Waals surface area contributed by atoms with Crippen molar-refractivity contribution < 1.29 is 14.0 Å². The third-order valence-corrected chi connectivity index (χ3v) is 5.87. The molecule has 1 unspecified atom stereocenters. The summed E-state index contributed by atoms with van der Waals surface area (Å²) in [6.07, 6.45) is 2.16. The Bertz CT molecular complexity index is 780. The number of hydrogen-bond donors (Lipinski definition) is 0. The molecule has 1 aliphatic rings. The van der Waals surface area contributed by atoms with Gasteiger partial charge in [-0.15, -0.1) is 0 Å². The highest BCUT2D eigenvalue weighted by atomic mass is 16.5. The van der Waals surface area contributed by atoms with Gasteiger partial charge in [-0.25, -0.2) is 0 Å². The van der Waals surface area contributed by atoms with Gasteiger partial charge in [0.25, 0.3) is 0 Å². The topological polar surface area (TPSA) is 18.5 Å². The fraction of sp³-hybridized carbons (Fsp3) is 0.478. The smallest absolute Gasteiger partial charge is 0.160 e. The van der Waals surface area contributed by atoms with Crippen molar-refractivity contribution in [2.75, 3.05) is 34.9 Å². The molecule has 2 aromatic carbocycles. The van der Waals surface area contributed by atoms with Crippen LogP contribution in [0.1, 0.15) is 48.1 Å². The Morgan fingerprint density at radius 1 is 1.00 bits per heavy atom. The van der Waals surface area contributed by atoms with E-state index >= 15 is 0 Å². The zero-order chi connectivity index (χ0) is 18.9. The largest absolute Gasteiger partial charge is 0.493 e. The maximum atomic E-state index is 5.50. The Kier molecular flexibility index (Phi) is 5.29. The van der Waals surface area contributed by atoms with E-state index in [4.69, 9.17) is 9.47 Å². The Balaban J connectivity index is 1.96. The van der Waals surface area contributed by atoms with Crippen LogP contribution in [0.3, 0.4) is 0 Å². The standard InChI is InChI=1S/C23H32NO2/c1-16(2)18-8-9-20-19(15-18)11-12-24(3,4)21(20)13-17-7-10-22(25-5)23(14-17)26-6/h7-10,14-16,21H,11-13H2,1-6H3/q+1. The van der Waals surface area contributed by atoms with Crippen molar-refractivity contribution in [3.05, 3.63) is 58.7 Å². The lowest BCUT2D eigenvalue weighted by atomic mass is 9.85. The number of nitrogens with zero attached hydrogens (tertiary/aromatic N) is 1. The van der Waals surface area contributed by atoms with E-state index in [2.05, 4.69) is 58.3 Å². The maximum absolute atomic E-state index is 5.50. The van der Waals surface area contributed by atoms with Crippen molar-refractivity contribution in [1.82, 2.24) is 0 Å². The van der Waals surface area contributed by atoms with Gasteiger partial charge in [0, 0.05) is 18.4 Å². The highest BCUT2D eigenvalue weighted by Crippen LogP contribution is 2.38. The molecule has 0 spiro atoms. The van der Waals surface area contributed by atoms with Gasteiger partial charge in [-0.05, 0) is 34.7 Å². The summed E-state index contributed by atoms with van der Waals surface area (Å²) >= 11 is 0. The molecule has 0 saturated carbocycles. The van der Waals surface area contributed by atoms with Crippen LogP contribution in [-0.4, -0.2) is 39.3 Å². The molecule has 0 fully saturated rings. The molecule has 2 aromatic rings. The minimum atomic E-state index is 0.457. The van der Waals surface area contributed by atoms with Crippen molar-refractivity contribution in [2.24, 2.45) is 0 Å². The molecular weight excluding hydrogens is 322 g/mol. The van der Waals surface area contributed by atoms with Gasteiger partial charge in [0.2, 0.25) is 0 Å². The SMILES string of the molecule is COc1ccc(CC2c3ccc(C(C)C)cc3CC[N+]2(C)C)cc1OC. The van der Waals surface area contributed by atoms with Gasteiger partial charge >= 0.3 is 0 Å². The van der Waals surface area contributed by atoms with Gasteiger partial charge in [-0.2, -0.15) is 0 Å². The molecule has 1 aliphatic heterocycles. The number of rotatable bonds is 5. The summed E-state index contributed by atoms with van der Waals surface area (Å²) in [5, 5.41) is 0. The van der Waals surface area contributed by atoms with Crippen molar-refractivity contribution in [2.45, 2.75) is 38.6 Å². The quantitative estimate of drug-likeness (QED) is 0.722. The van der Waals surface area contributed by atoms with Crippen LogP contribution in [0.25, 0.3) is 0 Å². The second-order valence-corrected chi connectivity index (χ2v) is 8.27.